The Labute approximate surface area is 129 Å². The molecule has 1 aromatic heterocycles. The Morgan fingerprint density at radius 1 is 1.10 bits per heavy atom. The van der Waals surface area contributed by atoms with Crippen LogP contribution in [0.2, 0.25) is 0 Å². The molecule has 3 N–H and O–H groups in total. The van der Waals surface area contributed by atoms with Gasteiger partial charge in [0.2, 0.25) is 5.89 Å². The monoisotopic (exact) mass is 304 g/mol. The second-order valence-corrected chi connectivity index (χ2v) is 5.72. The van der Waals surface area contributed by atoms with Crippen molar-refractivity contribution in [2.75, 3.05) is 12.3 Å². The third-order valence-electron chi connectivity index (χ3n) is 3.00. The molecule has 0 aliphatic rings. The second kappa shape index (κ2) is 9.37. The number of aromatic nitrogens is 2. The van der Waals surface area contributed by atoms with E-state index in [1.807, 2.05) is 18.2 Å². The van der Waals surface area contributed by atoms with Crippen molar-refractivity contribution in [1.29, 1.82) is 0 Å². The number of nitrogens with zero attached hydrogens (tertiary/aromatic N) is 2. The minimum atomic E-state index is 0.653. The summed E-state index contributed by atoms with van der Waals surface area (Å²) in [5, 5.41) is 8.79. The zero-order chi connectivity index (χ0) is 14.8. The molecule has 0 unspecified atom stereocenters. The maximum absolute atomic E-state index is 5.61. The van der Waals surface area contributed by atoms with Crippen molar-refractivity contribution in [2.24, 2.45) is 0 Å². The third kappa shape index (κ3) is 6.14. The number of hydrogen-bond donors (Lipinski definition) is 1. The van der Waals surface area contributed by atoms with Gasteiger partial charge in [-0.1, -0.05) is 54.2 Å². The molecule has 0 fully saturated rings. The van der Waals surface area contributed by atoms with Crippen LogP contribution in [-0.2, 0) is 6.42 Å². The molecule has 0 bridgehead atoms. The lowest BCUT2D eigenvalue weighted by Crippen LogP contribution is -2.50. The maximum Gasteiger partial charge on any atom is 0.276 e. The van der Waals surface area contributed by atoms with Crippen molar-refractivity contribution in [3.8, 4) is 0 Å². The van der Waals surface area contributed by atoms with Crippen LogP contribution in [0.1, 0.15) is 30.7 Å². The lowest BCUT2D eigenvalue weighted by molar-refractivity contribution is -0.368. The molecule has 1 aromatic carbocycles. The normalized spacial score (nSPS) is 11.3. The van der Waals surface area contributed by atoms with Crippen LogP contribution in [0.25, 0.3) is 6.08 Å². The average Bonchev–Trinajstić information content (AvgIpc) is 2.97. The number of aryl methyl sites for hydroxylation is 1. The fourth-order valence-corrected chi connectivity index (χ4v) is 2.48. The van der Waals surface area contributed by atoms with Gasteiger partial charge in [-0.25, -0.2) is 0 Å². The Morgan fingerprint density at radius 3 is 2.76 bits per heavy atom. The molecule has 112 valence electrons. The number of hydrogen-bond acceptors (Lipinski definition) is 4. The van der Waals surface area contributed by atoms with Crippen LogP contribution in [0.5, 0.6) is 0 Å². The predicted octanol–water partition coefficient (Wildman–Crippen LogP) is 2.83. The molecular formula is C16H22N3OS+. The molecule has 0 spiro atoms. The van der Waals surface area contributed by atoms with Gasteiger partial charge in [0.15, 0.2) is 0 Å². The van der Waals surface area contributed by atoms with Gasteiger partial charge in [-0.3, -0.25) is 0 Å². The first-order valence-electron chi connectivity index (χ1n) is 7.34. The van der Waals surface area contributed by atoms with E-state index in [1.165, 1.54) is 18.4 Å². The zero-order valence-electron chi connectivity index (χ0n) is 12.2. The summed E-state index contributed by atoms with van der Waals surface area (Å²) < 4.78 is 5.61. The highest BCUT2D eigenvalue weighted by Crippen LogP contribution is 2.17. The first-order chi connectivity index (χ1) is 10.4. The number of unbranched alkanes of at least 4 members (excludes halogenated alkanes) is 2. The topological polar surface area (TPSA) is 66.6 Å². The van der Waals surface area contributed by atoms with Crippen LogP contribution < -0.4 is 5.73 Å². The van der Waals surface area contributed by atoms with Gasteiger partial charge in [0.05, 0.1) is 6.54 Å². The molecule has 4 nitrogen and oxygen atoms in total. The second-order valence-electron chi connectivity index (χ2n) is 4.75. The van der Waals surface area contributed by atoms with Crippen LogP contribution in [0.15, 0.2) is 46.0 Å². The summed E-state index contributed by atoms with van der Waals surface area (Å²) in [6.45, 7) is 0.999. The lowest BCUT2D eigenvalue weighted by Gasteiger charge is -1.94. The summed E-state index contributed by atoms with van der Waals surface area (Å²) in [5.41, 5.74) is 5.04. The van der Waals surface area contributed by atoms with E-state index >= 15 is 0 Å². The van der Waals surface area contributed by atoms with E-state index in [4.69, 9.17) is 4.42 Å². The van der Waals surface area contributed by atoms with Crippen molar-refractivity contribution < 1.29 is 10.2 Å². The van der Waals surface area contributed by atoms with E-state index in [1.54, 1.807) is 11.8 Å². The molecule has 21 heavy (non-hydrogen) atoms. The minimum absolute atomic E-state index is 0.653. The van der Waals surface area contributed by atoms with Crippen molar-refractivity contribution in [3.63, 3.8) is 0 Å². The van der Waals surface area contributed by atoms with Gasteiger partial charge in [0, 0.05) is 12.2 Å². The van der Waals surface area contributed by atoms with Crippen LogP contribution in [0.4, 0.5) is 0 Å². The van der Waals surface area contributed by atoms with E-state index in [0.717, 1.165) is 31.0 Å². The fourth-order valence-electron chi connectivity index (χ4n) is 1.90. The van der Waals surface area contributed by atoms with Crippen molar-refractivity contribution in [2.45, 2.75) is 30.9 Å². The molecule has 0 saturated carbocycles. The Morgan fingerprint density at radius 2 is 1.95 bits per heavy atom. The van der Waals surface area contributed by atoms with Crippen LogP contribution in [-0.4, -0.2) is 22.5 Å². The van der Waals surface area contributed by atoms with Gasteiger partial charge in [-0.2, -0.15) is 0 Å². The van der Waals surface area contributed by atoms with E-state index < -0.39 is 0 Å². The number of quaternary nitrogens is 1. The van der Waals surface area contributed by atoms with Crippen LogP contribution in [0.3, 0.4) is 0 Å². The highest BCUT2D eigenvalue weighted by Gasteiger charge is 2.05. The molecule has 0 saturated heterocycles. The molecule has 0 aliphatic carbocycles. The third-order valence-corrected chi connectivity index (χ3v) is 3.77. The first kappa shape index (κ1) is 15.8. The molecule has 2 aromatic rings. The van der Waals surface area contributed by atoms with Gasteiger partial charge in [-0.05, 0) is 24.8 Å². The van der Waals surface area contributed by atoms with Gasteiger partial charge < -0.3 is 10.2 Å². The Hall–Kier alpha value is -1.59. The summed E-state index contributed by atoms with van der Waals surface area (Å²) in [6, 6.07) is 10.2. The SMILES string of the molecule is [NH3+]CCCCCc1nnc(SCC=Cc2ccccc2)o1. The molecule has 2 rings (SSSR count). The summed E-state index contributed by atoms with van der Waals surface area (Å²) >= 11 is 1.57. The van der Waals surface area contributed by atoms with Crippen molar-refractivity contribution in [1.82, 2.24) is 10.2 Å². The lowest BCUT2D eigenvalue weighted by atomic mass is 10.2. The maximum atomic E-state index is 5.61. The standard InChI is InChI=1S/C16H21N3OS/c17-12-6-2-5-11-15-18-19-16(20-15)21-13-7-10-14-8-3-1-4-9-14/h1,3-4,7-10H,2,5-6,11-13,17H2/p+1. The highest BCUT2D eigenvalue weighted by molar-refractivity contribution is 7.99. The summed E-state index contributed by atoms with van der Waals surface area (Å²) in [7, 11) is 0. The number of benzene rings is 1. The van der Waals surface area contributed by atoms with Crippen molar-refractivity contribution in [3.05, 3.63) is 47.9 Å². The van der Waals surface area contributed by atoms with Gasteiger partial charge in [0.25, 0.3) is 5.22 Å². The minimum Gasteiger partial charge on any atom is -0.416 e. The number of rotatable bonds is 9. The molecule has 0 amide bonds. The molecule has 0 atom stereocenters. The van der Waals surface area contributed by atoms with E-state index in [9.17, 15) is 0 Å². The summed E-state index contributed by atoms with van der Waals surface area (Å²) in [4.78, 5) is 0. The molecule has 0 aliphatic heterocycles. The summed E-state index contributed by atoms with van der Waals surface area (Å²) in [5.74, 6) is 1.58. The van der Waals surface area contributed by atoms with E-state index in [0.29, 0.717) is 5.22 Å². The zero-order valence-corrected chi connectivity index (χ0v) is 13.0. The van der Waals surface area contributed by atoms with Crippen molar-refractivity contribution >= 4 is 17.8 Å². The predicted molar refractivity (Wildman–Crippen MR) is 85.8 cm³/mol. The van der Waals surface area contributed by atoms with E-state index in [-0.39, 0.29) is 0 Å². The first-order valence-corrected chi connectivity index (χ1v) is 8.33. The van der Waals surface area contributed by atoms with Gasteiger partial charge >= 0.3 is 0 Å². The number of thioether (sulfide) groups is 1. The highest BCUT2D eigenvalue weighted by atomic mass is 32.2. The smallest absolute Gasteiger partial charge is 0.276 e. The Kier molecular flexibility index (Phi) is 7.04. The summed E-state index contributed by atoms with van der Waals surface area (Å²) in [6.07, 6.45) is 8.51. The molecule has 0 radical (unpaired) electrons. The molecular weight excluding hydrogens is 282 g/mol. The largest absolute Gasteiger partial charge is 0.416 e. The quantitative estimate of drug-likeness (QED) is 0.571. The molecule has 5 heteroatoms. The van der Waals surface area contributed by atoms with Gasteiger partial charge in [0.1, 0.15) is 0 Å². The van der Waals surface area contributed by atoms with Crippen LogP contribution in [0, 0.1) is 0 Å². The molecule has 1 heterocycles. The average molecular weight is 304 g/mol. The van der Waals surface area contributed by atoms with Gasteiger partial charge in [-0.15, -0.1) is 10.2 Å². The Bertz CT molecular complexity index is 539. The van der Waals surface area contributed by atoms with Crippen LogP contribution >= 0.6 is 11.8 Å². The Balaban J connectivity index is 1.69. The fraction of sp³-hybridized carbons (Fsp3) is 0.375. The van der Waals surface area contributed by atoms with E-state index in [2.05, 4.69) is 40.2 Å².